The number of alkyl halides is 16. The third kappa shape index (κ3) is 10.9. The Balaban J connectivity index is 0.000000341. The van der Waals surface area contributed by atoms with Crippen molar-refractivity contribution in [2.24, 2.45) is 9.98 Å². The molecule has 0 unspecified atom stereocenters. The van der Waals surface area contributed by atoms with Crippen molar-refractivity contribution >= 4 is 58.5 Å². The first-order valence-electron chi connectivity index (χ1n) is 17.1. The molecular formula is C39H26F16N4O4S. The van der Waals surface area contributed by atoms with Crippen molar-refractivity contribution in [2.75, 3.05) is 10.6 Å². The maximum atomic E-state index is 14.2. The zero-order valence-corrected chi connectivity index (χ0v) is 33.2. The molecule has 0 atom stereocenters. The van der Waals surface area contributed by atoms with Crippen molar-refractivity contribution in [2.45, 2.75) is 73.9 Å². The van der Waals surface area contributed by atoms with Crippen LogP contribution in [0.2, 0.25) is 0 Å². The molecule has 0 aliphatic rings. The van der Waals surface area contributed by atoms with E-state index in [0.29, 0.717) is 0 Å². The average molecular weight is 951 g/mol. The van der Waals surface area contributed by atoms with Crippen LogP contribution < -0.4 is 10.6 Å². The summed E-state index contributed by atoms with van der Waals surface area (Å²) in [6, 6.07) is 13.3. The number of isocyanates is 2. The molecular weight excluding hydrogens is 924 g/mol. The predicted molar refractivity (Wildman–Crippen MR) is 198 cm³/mol. The van der Waals surface area contributed by atoms with Crippen LogP contribution in [-0.2, 0) is 15.5 Å². The molecule has 0 saturated heterocycles. The molecule has 0 aliphatic heterocycles. The number of halogens is 16. The van der Waals surface area contributed by atoms with Gasteiger partial charge in [-0.05, 0) is 122 Å². The quantitative estimate of drug-likeness (QED) is 0.0635. The predicted octanol–water partition coefficient (Wildman–Crippen LogP) is 12.9. The van der Waals surface area contributed by atoms with Gasteiger partial charge in [-0.1, -0.05) is 12.1 Å². The van der Waals surface area contributed by atoms with Gasteiger partial charge in [0, 0.05) is 33.0 Å². The van der Waals surface area contributed by atoms with Crippen molar-refractivity contribution in [1.29, 1.82) is 0 Å². The lowest BCUT2D eigenvalue weighted by molar-refractivity contribution is -0.399. The number of hydrogen-bond acceptors (Lipinski definition) is 7. The monoisotopic (exact) mass is 950 g/mol. The number of rotatable bonds is 12. The minimum absolute atomic E-state index is 0.0453. The highest BCUT2D eigenvalue weighted by Crippen LogP contribution is 2.57. The van der Waals surface area contributed by atoms with E-state index in [1.54, 1.807) is 0 Å². The maximum Gasteiger partial charge on any atom is 0.460 e. The summed E-state index contributed by atoms with van der Waals surface area (Å²) in [6.07, 6.45) is -10.8. The second-order valence-electron chi connectivity index (χ2n) is 13.2. The number of anilines is 2. The number of benzene rings is 4. The number of carbonyl (C=O) groups is 2. The molecule has 0 fully saturated rings. The summed E-state index contributed by atoms with van der Waals surface area (Å²) in [5.74, 6) is -27.5. The number of nitrogens with one attached hydrogen (secondary N) is 2. The van der Waals surface area contributed by atoms with Gasteiger partial charge in [-0.3, -0.25) is 9.59 Å². The largest absolute Gasteiger partial charge is 0.460 e. The lowest BCUT2D eigenvalue weighted by atomic mass is 9.93. The SMILES string of the molecule is Cc1cc(C(F)(F)C(F)(F)C(F)(F)C(F)(F)F)cc(C)c1NC(=O)c1cccc(N=C=O)c1.Cc1cc(SC(F)(F)C(F)(F)C(F)(F)F)cc(C)c1NC(=O)c1cccc(N=C=O)c1. The van der Waals surface area contributed by atoms with Gasteiger partial charge in [-0.15, -0.1) is 0 Å². The highest BCUT2D eigenvalue weighted by molar-refractivity contribution is 8.00. The smallest absolute Gasteiger partial charge is 0.322 e. The summed E-state index contributed by atoms with van der Waals surface area (Å²) in [5, 5.41) is -0.649. The van der Waals surface area contributed by atoms with Gasteiger partial charge in [0.1, 0.15) is 0 Å². The first kappa shape index (κ1) is 52.2. The molecule has 25 heteroatoms. The Morgan fingerprint density at radius 3 is 1.22 bits per heavy atom. The Bertz CT molecular complexity index is 2470. The Kier molecular flexibility index (Phi) is 15.4. The summed E-state index contributed by atoms with van der Waals surface area (Å²) in [5.41, 5.74) is -1.85. The van der Waals surface area contributed by atoms with Crippen LogP contribution in [0.5, 0.6) is 0 Å². The summed E-state index contributed by atoms with van der Waals surface area (Å²) in [4.78, 5) is 51.6. The Labute approximate surface area is 353 Å². The number of thioether (sulfide) groups is 1. The Morgan fingerprint density at radius 2 is 0.875 bits per heavy atom. The molecule has 8 nitrogen and oxygen atoms in total. The third-order valence-corrected chi connectivity index (χ3v) is 9.54. The van der Waals surface area contributed by atoms with E-state index in [-0.39, 0.29) is 68.3 Å². The van der Waals surface area contributed by atoms with Gasteiger partial charge in [-0.2, -0.15) is 80.2 Å². The van der Waals surface area contributed by atoms with Gasteiger partial charge in [-0.25, -0.2) is 9.59 Å². The molecule has 0 aromatic heterocycles. The van der Waals surface area contributed by atoms with Gasteiger partial charge in [0.2, 0.25) is 12.2 Å². The highest BCUT2D eigenvalue weighted by atomic mass is 32.2. The number of hydrogen-bond donors (Lipinski definition) is 2. The fourth-order valence-electron chi connectivity index (χ4n) is 5.37. The summed E-state index contributed by atoms with van der Waals surface area (Å²) < 4.78 is 210. The molecule has 0 spiro atoms. The second-order valence-corrected chi connectivity index (χ2v) is 14.4. The van der Waals surface area contributed by atoms with E-state index in [0.717, 1.165) is 26.0 Å². The van der Waals surface area contributed by atoms with Crippen LogP contribution in [0.15, 0.2) is 87.7 Å². The third-order valence-electron chi connectivity index (χ3n) is 8.56. The van der Waals surface area contributed by atoms with Crippen molar-refractivity contribution < 1.29 is 89.4 Å². The van der Waals surface area contributed by atoms with Crippen LogP contribution >= 0.6 is 11.8 Å². The molecule has 344 valence electrons. The zero-order chi connectivity index (χ0) is 49.0. The van der Waals surface area contributed by atoms with E-state index in [9.17, 15) is 89.4 Å². The van der Waals surface area contributed by atoms with E-state index in [1.165, 1.54) is 74.5 Å². The van der Waals surface area contributed by atoms with Crippen molar-refractivity contribution in [3.8, 4) is 0 Å². The number of amides is 2. The first-order valence-corrected chi connectivity index (χ1v) is 17.9. The van der Waals surface area contributed by atoms with E-state index in [4.69, 9.17) is 0 Å². The Morgan fingerprint density at radius 1 is 0.516 bits per heavy atom. The summed E-state index contributed by atoms with van der Waals surface area (Å²) >= 11 is -0.926. The number of aliphatic imine (C=N–C) groups is 2. The summed E-state index contributed by atoms with van der Waals surface area (Å²) in [7, 11) is 0. The van der Waals surface area contributed by atoms with Crippen molar-refractivity contribution in [1.82, 2.24) is 0 Å². The summed E-state index contributed by atoms with van der Waals surface area (Å²) in [6.45, 7) is 4.82. The van der Waals surface area contributed by atoms with Gasteiger partial charge in [0.25, 0.3) is 11.8 Å². The minimum atomic E-state index is -7.02. The maximum absolute atomic E-state index is 14.2. The van der Waals surface area contributed by atoms with Crippen LogP contribution in [0.4, 0.5) is 93.0 Å². The second kappa shape index (κ2) is 18.9. The molecule has 4 rings (SSSR count). The molecule has 0 bridgehead atoms. The minimum Gasteiger partial charge on any atom is -0.322 e. The standard InChI is InChI=1S/C20H13F9N2O2.C19H13F7N2O2S/c1-10-6-13(17(21,22)18(23,24)19(25,26)20(27,28)29)7-11(2)15(10)31-16(33)12-4-3-5-14(8-12)30-9-32;1-10-6-14(31-19(25,26)17(20,21)18(22,23)24)7-11(2)15(10)28-16(30)12-4-3-5-13(8-12)27-9-29/h3-8H,1-2H3,(H,31,33);3-8H,1-2H3,(H,28,30). The highest BCUT2D eigenvalue weighted by Gasteiger charge is 2.82. The topological polar surface area (TPSA) is 117 Å². The van der Waals surface area contributed by atoms with E-state index < -0.39 is 75.3 Å². The molecule has 0 radical (unpaired) electrons. The molecule has 64 heavy (non-hydrogen) atoms. The molecule has 2 N–H and O–H groups in total. The van der Waals surface area contributed by atoms with Crippen molar-refractivity contribution in [3.63, 3.8) is 0 Å². The van der Waals surface area contributed by atoms with Crippen LogP contribution in [-0.4, -0.2) is 59.3 Å². The zero-order valence-electron chi connectivity index (χ0n) is 32.4. The van der Waals surface area contributed by atoms with Gasteiger partial charge in [0.15, 0.2) is 0 Å². The van der Waals surface area contributed by atoms with E-state index in [2.05, 4.69) is 20.6 Å². The number of carbonyl (C=O) groups excluding carboxylic acids is 4. The van der Waals surface area contributed by atoms with E-state index >= 15 is 0 Å². The Hall–Kier alpha value is -6.19. The molecule has 4 aromatic carbocycles. The van der Waals surface area contributed by atoms with Crippen molar-refractivity contribution in [3.05, 3.63) is 112 Å². The average Bonchev–Trinajstić information content (AvgIpc) is 3.17. The van der Waals surface area contributed by atoms with Gasteiger partial charge >= 0.3 is 41.3 Å². The molecule has 2 amide bonds. The molecule has 0 saturated carbocycles. The van der Waals surface area contributed by atoms with Crippen LogP contribution in [0, 0.1) is 27.7 Å². The number of aryl methyl sites for hydroxylation is 4. The first-order chi connectivity index (χ1) is 29.2. The van der Waals surface area contributed by atoms with Crippen LogP contribution in [0.3, 0.4) is 0 Å². The normalized spacial score (nSPS) is 12.6. The molecule has 0 aliphatic carbocycles. The van der Waals surface area contributed by atoms with Gasteiger partial charge < -0.3 is 10.6 Å². The van der Waals surface area contributed by atoms with Crippen LogP contribution in [0.25, 0.3) is 0 Å². The fraction of sp³-hybridized carbons (Fsp3) is 0.282. The lowest BCUT2D eigenvalue weighted by Crippen LogP contribution is -2.59. The van der Waals surface area contributed by atoms with E-state index in [1.807, 2.05) is 0 Å². The lowest BCUT2D eigenvalue weighted by Gasteiger charge is -2.34. The van der Waals surface area contributed by atoms with Gasteiger partial charge in [0.05, 0.1) is 11.4 Å². The molecule has 4 aromatic rings. The number of nitrogens with zero attached hydrogens (tertiary/aromatic N) is 2. The molecule has 0 heterocycles. The fourth-order valence-corrected chi connectivity index (χ4v) is 6.38. The van der Waals surface area contributed by atoms with Crippen LogP contribution in [0.1, 0.15) is 48.5 Å².